The number of thiophene rings is 1. The van der Waals surface area contributed by atoms with Gasteiger partial charge in [0, 0.05) is 13.2 Å². The standard InChI is InChI=1S/C9H11N3S/c1-12-6-7(11-9(12)5-10)8-3-2-4-13-8/h2-4,6H,5,10H2,1H3. The fourth-order valence-corrected chi connectivity index (χ4v) is 1.92. The van der Waals surface area contributed by atoms with Gasteiger partial charge in [-0.2, -0.15) is 0 Å². The second kappa shape index (κ2) is 3.32. The SMILES string of the molecule is Cn1cc(-c2cccs2)nc1CN. The molecule has 0 aliphatic heterocycles. The Morgan fingerprint density at radius 1 is 1.62 bits per heavy atom. The number of aromatic nitrogens is 2. The predicted octanol–water partition coefficient (Wildman–Crippen LogP) is 1.61. The van der Waals surface area contributed by atoms with Gasteiger partial charge in [-0.15, -0.1) is 11.3 Å². The minimum absolute atomic E-state index is 0.488. The summed E-state index contributed by atoms with van der Waals surface area (Å²) in [5.41, 5.74) is 6.55. The highest BCUT2D eigenvalue weighted by molar-refractivity contribution is 7.13. The molecule has 2 heterocycles. The van der Waals surface area contributed by atoms with Gasteiger partial charge in [0.05, 0.1) is 17.1 Å². The third kappa shape index (κ3) is 1.50. The van der Waals surface area contributed by atoms with Gasteiger partial charge in [0.25, 0.3) is 0 Å². The van der Waals surface area contributed by atoms with Crippen LogP contribution >= 0.6 is 11.3 Å². The fourth-order valence-electron chi connectivity index (χ4n) is 1.24. The average Bonchev–Trinajstić information content (AvgIpc) is 2.71. The molecule has 0 amide bonds. The molecule has 0 aliphatic carbocycles. The van der Waals surface area contributed by atoms with Crippen LogP contribution in [0.3, 0.4) is 0 Å². The van der Waals surface area contributed by atoms with E-state index in [1.165, 1.54) is 4.88 Å². The molecule has 0 saturated heterocycles. The Hall–Kier alpha value is -1.13. The van der Waals surface area contributed by atoms with E-state index in [0.29, 0.717) is 6.54 Å². The molecule has 0 aromatic carbocycles. The van der Waals surface area contributed by atoms with Gasteiger partial charge in [-0.1, -0.05) is 6.07 Å². The van der Waals surface area contributed by atoms with Gasteiger partial charge in [0.2, 0.25) is 0 Å². The van der Waals surface area contributed by atoms with E-state index in [1.807, 2.05) is 29.3 Å². The predicted molar refractivity (Wildman–Crippen MR) is 54.4 cm³/mol. The first kappa shape index (κ1) is 8.47. The molecule has 0 bridgehead atoms. The third-order valence-corrected chi connectivity index (χ3v) is 2.82. The van der Waals surface area contributed by atoms with Crippen LogP contribution in [-0.4, -0.2) is 9.55 Å². The van der Waals surface area contributed by atoms with E-state index in [-0.39, 0.29) is 0 Å². The molecule has 0 unspecified atom stereocenters. The Bertz CT molecular complexity index is 389. The maximum absolute atomic E-state index is 5.54. The van der Waals surface area contributed by atoms with Crippen molar-refractivity contribution in [2.24, 2.45) is 12.8 Å². The van der Waals surface area contributed by atoms with Crippen molar-refractivity contribution in [1.29, 1.82) is 0 Å². The summed E-state index contributed by atoms with van der Waals surface area (Å²) in [6, 6.07) is 4.09. The van der Waals surface area contributed by atoms with Gasteiger partial charge < -0.3 is 10.3 Å². The lowest BCUT2D eigenvalue weighted by molar-refractivity contribution is 0.794. The number of rotatable bonds is 2. The second-order valence-electron chi connectivity index (χ2n) is 2.83. The monoisotopic (exact) mass is 193 g/mol. The zero-order valence-electron chi connectivity index (χ0n) is 7.40. The molecule has 68 valence electrons. The molecule has 3 nitrogen and oxygen atoms in total. The van der Waals surface area contributed by atoms with E-state index in [1.54, 1.807) is 11.3 Å². The molecule has 2 rings (SSSR count). The quantitative estimate of drug-likeness (QED) is 0.787. The lowest BCUT2D eigenvalue weighted by Gasteiger charge is -1.92. The Labute approximate surface area is 80.8 Å². The van der Waals surface area contributed by atoms with E-state index in [0.717, 1.165) is 11.5 Å². The summed E-state index contributed by atoms with van der Waals surface area (Å²) in [5.74, 6) is 0.920. The Morgan fingerprint density at radius 3 is 3.00 bits per heavy atom. The first-order valence-corrected chi connectivity index (χ1v) is 4.95. The molecular formula is C9H11N3S. The van der Waals surface area contributed by atoms with Crippen LogP contribution in [0.2, 0.25) is 0 Å². The van der Waals surface area contributed by atoms with Crippen molar-refractivity contribution in [3.8, 4) is 10.6 Å². The topological polar surface area (TPSA) is 43.8 Å². The normalized spacial score (nSPS) is 10.6. The summed E-state index contributed by atoms with van der Waals surface area (Å²) < 4.78 is 1.97. The summed E-state index contributed by atoms with van der Waals surface area (Å²) in [6.45, 7) is 0.488. The maximum Gasteiger partial charge on any atom is 0.122 e. The van der Waals surface area contributed by atoms with E-state index in [9.17, 15) is 0 Å². The Kier molecular flexibility index (Phi) is 2.16. The van der Waals surface area contributed by atoms with Gasteiger partial charge in [0.1, 0.15) is 5.82 Å². The van der Waals surface area contributed by atoms with Crippen LogP contribution in [-0.2, 0) is 13.6 Å². The summed E-state index contributed by atoms with van der Waals surface area (Å²) in [5, 5.41) is 2.05. The average molecular weight is 193 g/mol. The van der Waals surface area contributed by atoms with Crippen LogP contribution in [0.15, 0.2) is 23.7 Å². The van der Waals surface area contributed by atoms with Gasteiger partial charge >= 0.3 is 0 Å². The van der Waals surface area contributed by atoms with Crippen molar-refractivity contribution in [3.05, 3.63) is 29.5 Å². The molecule has 0 saturated carbocycles. The van der Waals surface area contributed by atoms with Crippen LogP contribution in [0, 0.1) is 0 Å². The molecule has 2 N–H and O–H groups in total. The zero-order chi connectivity index (χ0) is 9.26. The van der Waals surface area contributed by atoms with Crippen molar-refractivity contribution < 1.29 is 0 Å². The summed E-state index contributed by atoms with van der Waals surface area (Å²) in [6.07, 6.45) is 2.01. The van der Waals surface area contributed by atoms with E-state index >= 15 is 0 Å². The Morgan fingerprint density at radius 2 is 2.46 bits per heavy atom. The largest absolute Gasteiger partial charge is 0.336 e. The smallest absolute Gasteiger partial charge is 0.122 e. The van der Waals surface area contributed by atoms with Crippen molar-refractivity contribution >= 4 is 11.3 Å². The number of aryl methyl sites for hydroxylation is 1. The molecule has 2 aromatic heterocycles. The van der Waals surface area contributed by atoms with E-state index < -0.39 is 0 Å². The van der Waals surface area contributed by atoms with Crippen LogP contribution in [0.5, 0.6) is 0 Å². The first-order chi connectivity index (χ1) is 6.31. The highest BCUT2D eigenvalue weighted by atomic mass is 32.1. The van der Waals surface area contributed by atoms with Gasteiger partial charge in [-0.05, 0) is 11.4 Å². The maximum atomic E-state index is 5.54. The molecular weight excluding hydrogens is 182 g/mol. The molecule has 0 spiro atoms. The molecule has 0 atom stereocenters. The van der Waals surface area contributed by atoms with Crippen LogP contribution in [0.4, 0.5) is 0 Å². The van der Waals surface area contributed by atoms with Crippen molar-refractivity contribution in [2.45, 2.75) is 6.54 Å². The third-order valence-electron chi connectivity index (χ3n) is 1.93. The van der Waals surface area contributed by atoms with Gasteiger partial charge in [-0.3, -0.25) is 0 Å². The summed E-state index contributed by atoms with van der Waals surface area (Å²) in [7, 11) is 1.96. The number of hydrogen-bond acceptors (Lipinski definition) is 3. The minimum atomic E-state index is 0.488. The molecule has 2 aromatic rings. The highest BCUT2D eigenvalue weighted by Crippen LogP contribution is 2.23. The second-order valence-corrected chi connectivity index (χ2v) is 3.78. The first-order valence-electron chi connectivity index (χ1n) is 4.07. The van der Waals surface area contributed by atoms with Crippen LogP contribution < -0.4 is 5.73 Å². The van der Waals surface area contributed by atoms with Gasteiger partial charge in [0.15, 0.2) is 0 Å². The van der Waals surface area contributed by atoms with Crippen molar-refractivity contribution in [2.75, 3.05) is 0 Å². The van der Waals surface area contributed by atoms with E-state index in [4.69, 9.17) is 5.73 Å². The lowest BCUT2D eigenvalue weighted by Crippen LogP contribution is -2.03. The minimum Gasteiger partial charge on any atom is -0.336 e. The summed E-state index contributed by atoms with van der Waals surface area (Å²) in [4.78, 5) is 5.61. The molecule has 0 aliphatic rings. The lowest BCUT2D eigenvalue weighted by atomic mass is 10.4. The number of nitrogens with zero attached hydrogens (tertiary/aromatic N) is 2. The van der Waals surface area contributed by atoms with Crippen molar-refractivity contribution in [1.82, 2.24) is 9.55 Å². The molecule has 0 radical (unpaired) electrons. The number of nitrogens with two attached hydrogens (primary N) is 1. The van der Waals surface area contributed by atoms with Gasteiger partial charge in [-0.25, -0.2) is 4.98 Å². The molecule has 4 heteroatoms. The molecule has 0 fully saturated rings. The number of imidazole rings is 1. The van der Waals surface area contributed by atoms with Crippen LogP contribution in [0.1, 0.15) is 5.82 Å². The zero-order valence-corrected chi connectivity index (χ0v) is 8.21. The number of hydrogen-bond donors (Lipinski definition) is 1. The summed E-state index contributed by atoms with van der Waals surface area (Å²) >= 11 is 1.69. The van der Waals surface area contributed by atoms with E-state index in [2.05, 4.69) is 11.1 Å². The Balaban J connectivity index is 2.43. The van der Waals surface area contributed by atoms with Crippen molar-refractivity contribution in [3.63, 3.8) is 0 Å². The van der Waals surface area contributed by atoms with Crippen LogP contribution in [0.25, 0.3) is 10.6 Å². The molecule has 13 heavy (non-hydrogen) atoms. The highest BCUT2D eigenvalue weighted by Gasteiger charge is 2.05. The fraction of sp³-hybridized carbons (Fsp3) is 0.222.